The monoisotopic (exact) mass is 1370 g/mol. The van der Waals surface area contributed by atoms with E-state index in [9.17, 15) is 30.0 Å². The van der Waals surface area contributed by atoms with Gasteiger partial charge in [-0.25, -0.2) is 30.0 Å². The number of nitrogens with zero attached hydrogens (tertiary/aromatic N) is 3. The van der Waals surface area contributed by atoms with Gasteiger partial charge < -0.3 is 24.3 Å². The first-order valence-electron chi connectivity index (χ1n) is 29.4. The van der Waals surface area contributed by atoms with Gasteiger partial charge >= 0.3 is 5.97 Å². The van der Waals surface area contributed by atoms with Crippen LogP contribution in [-0.4, -0.2) is 200 Å². The molecule has 0 saturated carbocycles. The van der Waals surface area contributed by atoms with Crippen LogP contribution in [0.5, 0.6) is 0 Å². The van der Waals surface area contributed by atoms with Gasteiger partial charge in [0.25, 0.3) is 30.4 Å². The number of carbonyl (C=O) groups excluding carboxylic acids is 1. The van der Waals surface area contributed by atoms with Crippen LogP contribution in [0.25, 0.3) is 32.3 Å². The summed E-state index contributed by atoms with van der Waals surface area (Å²) in [7, 11) is -22.6. The molecule has 2 unspecified atom stereocenters. The van der Waals surface area contributed by atoms with Crippen molar-refractivity contribution in [3.05, 3.63) is 36.4 Å². The third-order valence-corrected chi connectivity index (χ3v) is 23.5. The Bertz CT molecular complexity index is 3660. The van der Waals surface area contributed by atoms with E-state index in [1.54, 1.807) is 68.4 Å². The van der Waals surface area contributed by atoms with Crippen molar-refractivity contribution in [1.29, 1.82) is 0 Å². The Morgan fingerprint density at radius 1 is 0.506 bits per heavy atom. The van der Waals surface area contributed by atoms with Crippen LogP contribution in [0.4, 0.5) is 5.69 Å². The highest BCUT2D eigenvalue weighted by molar-refractivity contribution is 7.91. The summed E-state index contributed by atoms with van der Waals surface area (Å²) in [6.07, 6.45) is 1.75. The summed E-state index contributed by atoms with van der Waals surface area (Å²) in [5.74, 6) is -2.75. The Labute approximate surface area is 531 Å². The predicted molar refractivity (Wildman–Crippen MR) is 346 cm³/mol. The molecule has 0 aliphatic rings. The summed E-state index contributed by atoms with van der Waals surface area (Å²) in [5.41, 5.74) is -2.17. The smallest absolute Gasteiger partial charge is 0.331 e. The first-order chi connectivity index (χ1) is 40.5. The number of sulfonamides is 3. The lowest BCUT2D eigenvalue weighted by Crippen LogP contribution is -2.34. The fourth-order valence-electron chi connectivity index (χ4n) is 8.70. The van der Waals surface area contributed by atoms with E-state index in [4.69, 9.17) is 26.8 Å². The number of hydrogen-bond donors (Lipinski definition) is 1. The van der Waals surface area contributed by atoms with Crippen molar-refractivity contribution in [3.63, 3.8) is 0 Å². The maximum atomic E-state index is 15.1. The maximum Gasteiger partial charge on any atom is 0.331 e. The average Bonchev–Trinajstić information content (AvgIpc) is 1.72. The molecule has 0 aliphatic heterocycles. The van der Waals surface area contributed by atoms with Gasteiger partial charge in [-0.05, 0) is 54.6 Å². The normalized spacial score (nSPS) is 15.1. The number of anilines is 1. The number of benzene rings is 4. The number of rotatable bonds is 38. The number of ether oxygens (including phenoxy) is 4. The van der Waals surface area contributed by atoms with E-state index in [-0.39, 0.29) is 69.4 Å². The van der Waals surface area contributed by atoms with Crippen molar-refractivity contribution in [2.24, 2.45) is 27.1 Å². The zero-order valence-corrected chi connectivity index (χ0v) is 60.1. The highest BCUT2D eigenvalue weighted by Crippen LogP contribution is 2.46. The summed E-state index contributed by atoms with van der Waals surface area (Å²) < 4.78 is 210. The van der Waals surface area contributed by atoms with Crippen LogP contribution in [0.3, 0.4) is 0 Å². The van der Waals surface area contributed by atoms with Crippen LogP contribution in [0, 0.1) is 27.1 Å². The van der Waals surface area contributed by atoms with Crippen molar-refractivity contribution in [1.82, 2.24) is 12.9 Å². The van der Waals surface area contributed by atoms with E-state index in [0.29, 0.717) is 51.3 Å². The lowest BCUT2D eigenvalue weighted by molar-refractivity contribution is -0.147. The van der Waals surface area contributed by atoms with Gasteiger partial charge in [0.1, 0.15) is 6.61 Å². The molecule has 0 spiro atoms. The van der Waals surface area contributed by atoms with E-state index in [1.807, 2.05) is 34.6 Å². The molecule has 0 amide bonds. The highest BCUT2D eigenvalue weighted by Gasteiger charge is 2.36. The van der Waals surface area contributed by atoms with Crippen molar-refractivity contribution in [2.75, 3.05) is 130 Å². The quantitative estimate of drug-likeness (QED) is 0.0193. The van der Waals surface area contributed by atoms with Crippen molar-refractivity contribution in [3.8, 4) is 0 Å². The summed E-state index contributed by atoms with van der Waals surface area (Å²) in [4.78, 5) is 10.0. The number of hydrogen-bond acceptors (Lipinski definition) is 21. The van der Waals surface area contributed by atoms with E-state index < -0.39 is 141 Å². The highest BCUT2D eigenvalue weighted by atomic mass is 32.2. The molecule has 1 N–H and O–H groups in total. The minimum absolute atomic E-state index is 0.00462. The second-order valence-corrected chi connectivity index (χ2v) is 39.0. The van der Waals surface area contributed by atoms with Crippen LogP contribution >= 0.6 is 0 Å². The van der Waals surface area contributed by atoms with Gasteiger partial charge in [0.15, 0.2) is 0 Å². The van der Waals surface area contributed by atoms with E-state index in [0.717, 1.165) is 39.5 Å². The third kappa shape index (κ3) is 22.9. The average molecular weight is 1380 g/mol. The van der Waals surface area contributed by atoms with Gasteiger partial charge in [-0.15, -0.1) is 0 Å². The van der Waals surface area contributed by atoms with Gasteiger partial charge in [-0.1, -0.05) is 114 Å². The Kier molecular flexibility index (Phi) is 26.5. The summed E-state index contributed by atoms with van der Waals surface area (Å²) in [6.45, 7) is 24.9. The molecule has 89 heavy (non-hydrogen) atoms. The molecule has 510 valence electrons. The summed E-state index contributed by atoms with van der Waals surface area (Å²) >= 11 is 0. The second-order valence-electron chi connectivity index (χ2n) is 27.7. The van der Waals surface area contributed by atoms with E-state index in [1.165, 1.54) is 38.4 Å². The summed E-state index contributed by atoms with van der Waals surface area (Å²) in [6, 6.07) is 7.64. The molecule has 0 saturated heterocycles. The number of carbonyl (C=O) groups is 1. The minimum atomic E-state index is -4.89. The lowest BCUT2D eigenvalue weighted by Gasteiger charge is -2.30. The van der Waals surface area contributed by atoms with Gasteiger partial charge in [0, 0.05) is 102 Å². The van der Waals surface area contributed by atoms with Gasteiger partial charge in [-0.2, -0.15) is 38.2 Å². The molecule has 30 heteroatoms. The molecular weight excluding hydrogens is 1280 g/mol. The predicted octanol–water partition coefficient (Wildman–Crippen LogP) is 7.87. The Morgan fingerprint density at radius 3 is 1.25 bits per heavy atom. The van der Waals surface area contributed by atoms with E-state index >= 15 is 25.3 Å². The molecule has 2 atom stereocenters. The largest absolute Gasteiger partial charge is 0.467 e. The molecule has 0 bridgehead atoms. The van der Waals surface area contributed by atoms with Crippen LogP contribution in [0.1, 0.15) is 116 Å². The van der Waals surface area contributed by atoms with Crippen LogP contribution in [-0.2, 0) is 96.7 Å². The van der Waals surface area contributed by atoms with E-state index in [2.05, 4.69) is 10.1 Å². The topological polar surface area (TPSA) is 308 Å². The fourth-order valence-corrected chi connectivity index (χ4v) is 16.7. The zero-order chi connectivity index (χ0) is 67.8. The minimum Gasteiger partial charge on any atom is -0.467 e. The van der Waals surface area contributed by atoms with Gasteiger partial charge in [0.05, 0.1) is 85.3 Å². The molecule has 0 aromatic heterocycles. The maximum absolute atomic E-state index is 15.1. The Morgan fingerprint density at radius 2 is 0.865 bits per heavy atom. The molecule has 4 aromatic rings. The molecule has 0 heterocycles. The summed E-state index contributed by atoms with van der Waals surface area (Å²) in [5, 5.41) is 3.70. The molecule has 0 aliphatic carbocycles. The van der Waals surface area contributed by atoms with Gasteiger partial charge in [-0.3, -0.25) is 12.5 Å². The molecule has 4 aromatic carbocycles. The van der Waals surface area contributed by atoms with Crippen molar-refractivity contribution < 1.29 is 86.8 Å². The van der Waals surface area contributed by atoms with Crippen LogP contribution in [0.2, 0.25) is 0 Å². The van der Waals surface area contributed by atoms with Gasteiger partial charge in [0.2, 0.25) is 30.1 Å². The Hall–Kier alpha value is -3.47. The fraction of sp³-hybridized carbons (Fsp3) is 0.712. The van der Waals surface area contributed by atoms with Crippen molar-refractivity contribution in [2.45, 2.75) is 137 Å². The van der Waals surface area contributed by atoms with Crippen LogP contribution in [0.15, 0.2) is 51.1 Å². The zero-order valence-electron chi connectivity index (χ0n) is 55.2. The molecule has 0 fully saturated rings. The number of methoxy groups -OCH3 is 1. The first kappa shape index (κ1) is 78.0. The van der Waals surface area contributed by atoms with Crippen molar-refractivity contribution >= 4 is 104 Å². The number of esters is 1. The molecule has 0 radical (unpaired) electrons. The molecule has 4 rings (SSSR count). The lowest BCUT2D eigenvalue weighted by atomic mass is 9.89. The SMILES string of the molecule is CCC(C)(COCC(=O)OC)COCC(C)(C)COCCCC(C)Nc1cc(S(=O)(=O)N(C)CCS(=O)(=O)OCC(C)(C)C)c2ccc3c(S(=O)(=O)N(C)CCS(=O)(=O)OCC(C)(C)C)cc(S(=O)(=O)N(C)CCS(=O)(=O)OCC(C)(C)C)c4ccc1c2c43. The standard InChI is InChI=1S/C59H98N4O20S6/c1-19-59(14,41-79-35-52(64)77-18)42-80-40-58(12,13)39-78-29-20-21-43(2)60-48-33-49(87(71,72)61(15)26-30-84(65,66)81-36-55(3,4)5)45-24-25-47-51(89(75,76)63(17)28-32-86(69,70)83-38-57(9,10)11)34-50(46-23-22-44(48)53(45)54(46)47)88(73,74)62(16)27-31-85(67,68)82-37-56(6,7)8/h22-25,33-34,43,60H,19-21,26-32,35-42H2,1-18H3. The second kappa shape index (κ2) is 30.3. The Balaban J connectivity index is 1.89. The third-order valence-electron chi connectivity index (χ3n) is 14.3. The number of nitrogens with one attached hydrogen (secondary N) is 1. The van der Waals surface area contributed by atoms with Crippen LogP contribution < -0.4 is 5.32 Å². The first-order valence-corrected chi connectivity index (χ1v) is 38.4. The molecule has 24 nitrogen and oxygen atoms in total. The molecular formula is C59H98N4O20S6.